The molecule has 3 N–H and O–H groups in total. The van der Waals surface area contributed by atoms with E-state index in [9.17, 15) is 5.11 Å². The fourth-order valence-electron chi connectivity index (χ4n) is 2.98. The van der Waals surface area contributed by atoms with Crippen LogP contribution >= 0.6 is 0 Å². The third kappa shape index (κ3) is 4.59. The van der Waals surface area contributed by atoms with Gasteiger partial charge in [0.25, 0.3) is 0 Å². The van der Waals surface area contributed by atoms with Crippen molar-refractivity contribution in [2.24, 2.45) is 11.7 Å². The molecule has 0 aromatic carbocycles. The van der Waals surface area contributed by atoms with Crippen molar-refractivity contribution < 1.29 is 5.11 Å². The van der Waals surface area contributed by atoms with Crippen LogP contribution in [0.25, 0.3) is 0 Å². The summed E-state index contributed by atoms with van der Waals surface area (Å²) in [6.07, 6.45) is 11.3. The lowest BCUT2D eigenvalue weighted by Crippen LogP contribution is -2.09. The fraction of sp³-hybridized carbons (Fsp3) is 0.688. The molecule has 106 valence electrons. The van der Waals surface area contributed by atoms with E-state index < -0.39 is 6.10 Å². The molecule has 1 aliphatic rings. The van der Waals surface area contributed by atoms with Gasteiger partial charge in [0.15, 0.2) is 0 Å². The van der Waals surface area contributed by atoms with Crippen LogP contribution in [-0.2, 0) is 6.42 Å². The summed E-state index contributed by atoms with van der Waals surface area (Å²) in [4.78, 5) is 4.25. The smallest absolute Gasteiger partial charge is 0.0971 e. The molecule has 0 radical (unpaired) electrons. The van der Waals surface area contributed by atoms with Crippen LogP contribution in [0.4, 0.5) is 0 Å². The van der Waals surface area contributed by atoms with E-state index in [0.717, 1.165) is 18.0 Å². The standard InChI is InChI=1S/C16H26N2O/c17-10-8-16(19)15-12-14(9-11-18-15)7-6-13-4-2-1-3-5-13/h9,11-13,16,19H,1-8,10,17H2. The summed E-state index contributed by atoms with van der Waals surface area (Å²) in [7, 11) is 0. The molecule has 1 unspecified atom stereocenters. The predicted octanol–water partition coefficient (Wildman–Crippen LogP) is 2.98. The molecule has 3 nitrogen and oxygen atoms in total. The van der Waals surface area contributed by atoms with Gasteiger partial charge in [-0.2, -0.15) is 0 Å². The largest absolute Gasteiger partial charge is 0.387 e. The second kappa shape index (κ2) is 7.61. The number of rotatable bonds is 6. The molecule has 1 atom stereocenters. The first-order valence-electron chi connectivity index (χ1n) is 7.62. The Morgan fingerprint density at radius 3 is 2.84 bits per heavy atom. The SMILES string of the molecule is NCCC(O)c1cc(CCC2CCCCC2)ccn1. The highest BCUT2D eigenvalue weighted by atomic mass is 16.3. The maximum atomic E-state index is 9.92. The number of aliphatic hydroxyl groups is 1. The summed E-state index contributed by atoms with van der Waals surface area (Å²) in [5.41, 5.74) is 7.54. The number of aliphatic hydroxyl groups excluding tert-OH is 1. The van der Waals surface area contributed by atoms with Gasteiger partial charge in [-0.25, -0.2) is 0 Å². The molecular formula is C16H26N2O. The molecule has 1 fully saturated rings. The van der Waals surface area contributed by atoms with Gasteiger partial charge in [0.1, 0.15) is 0 Å². The summed E-state index contributed by atoms with van der Waals surface area (Å²) in [6, 6.07) is 4.12. The molecule has 1 saturated carbocycles. The molecule has 19 heavy (non-hydrogen) atoms. The Morgan fingerprint density at radius 2 is 2.11 bits per heavy atom. The number of aryl methyl sites for hydroxylation is 1. The van der Waals surface area contributed by atoms with Gasteiger partial charge in [-0.15, -0.1) is 0 Å². The summed E-state index contributed by atoms with van der Waals surface area (Å²) in [6.45, 7) is 0.495. The second-order valence-corrected chi connectivity index (χ2v) is 5.72. The van der Waals surface area contributed by atoms with Crippen molar-refractivity contribution in [3.8, 4) is 0 Å². The minimum absolute atomic E-state index is 0.495. The highest BCUT2D eigenvalue weighted by Crippen LogP contribution is 2.27. The van der Waals surface area contributed by atoms with Crippen LogP contribution < -0.4 is 5.73 Å². The monoisotopic (exact) mass is 262 g/mol. The molecule has 0 amide bonds. The molecule has 0 spiro atoms. The first kappa shape index (κ1) is 14.5. The normalized spacial score (nSPS) is 18.4. The Hall–Kier alpha value is -0.930. The molecule has 0 bridgehead atoms. The average molecular weight is 262 g/mol. The maximum Gasteiger partial charge on any atom is 0.0971 e. The van der Waals surface area contributed by atoms with E-state index in [0.29, 0.717) is 13.0 Å². The highest BCUT2D eigenvalue weighted by molar-refractivity contribution is 5.18. The van der Waals surface area contributed by atoms with Gasteiger partial charge in [-0.1, -0.05) is 32.1 Å². The molecule has 1 aliphatic carbocycles. The van der Waals surface area contributed by atoms with Crippen molar-refractivity contribution in [3.63, 3.8) is 0 Å². The van der Waals surface area contributed by atoms with Crippen LogP contribution in [0.5, 0.6) is 0 Å². The Labute approximate surface area is 116 Å². The quantitative estimate of drug-likeness (QED) is 0.828. The third-order valence-corrected chi connectivity index (χ3v) is 4.19. The molecule has 1 heterocycles. The molecule has 3 heteroatoms. The number of pyridine rings is 1. The van der Waals surface area contributed by atoms with E-state index >= 15 is 0 Å². The topological polar surface area (TPSA) is 59.1 Å². The maximum absolute atomic E-state index is 9.92. The van der Waals surface area contributed by atoms with Crippen LogP contribution in [0.3, 0.4) is 0 Å². The zero-order valence-electron chi connectivity index (χ0n) is 11.7. The minimum Gasteiger partial charge on any atom is -0.387 e. The lowest BCUT2D eigenvalue weighted by atomic mass is 9.85. The van der Waals surface area contributed by atoms with Crippen molar-refractivity contribution in [2.45, 2.75) is 57.5 Å². The summed E-state index contributed by atoms with van der Waals surface area (Å²) in [5.74, 6) is 0.902. The molecule has 0 aliphatic heterocycles. The Kier molecular flexibility index (Phi) is 5.80. The van der Waals surface area contributed by atoms with E-state index in [1.165, 1.54) is 44.1 Å². The first-order valence-corrected chi connectivity index (χ1v) is 7.62. The van der Waals surface area contributed by atoms with Gasteiger partial charge in [-0.3, -0.25) is 4.98 Å². The van der Waals surface area contributed by atoms with Gasteiger partial charge in [0, 0.05) is 6.20 Å². The van der Waals surface area contributed by atoms with E-state index in [1.54, 1.807) is 0 Å². The predicted molar refractivity (Wildman–Crippen MR) is 77.8 cm³/mol. The second-order valence-electron chi connectivity index (χ2n) is 5.72. The van der Waals surface area contributed by atoms with E-state index in [2.05, 4.69) is 11.1 Å². The van der Waals surface area contributed by atoms with Crippen molar-refractivity contribution in [2.75, 3.05) is 6.54 Å². The van der Waals surface area contributed by atoms with Gasteiger partial charge < -0.3 is 10.8 Å². The van der Waals surface area contributed by atoms with Gasteiger partial charge in [0.05, 0.1) is 11.8 Å². The first-order chi connectivity index (χ1) is 9.29. The Morgan fingerprint density at radius 1 is 1.32 bits per heavy atom. The van der Waals surface area contributed by atoms with Crippen molar-refractivity contribution in [1.29, 1.82) is 0 Å². The average Bonchev–Trinajstić information content (AvgIpc) is 2.47. The molecular weight excluding hydrogens is 236 g/mol. The number of nitrogens with two attached hydrogens (primary N) is 1. The van der Waals surface area contributed by atoms with Crippen LogP contribution in [0.2, 0.25) is 0 Å². The molecule has 0 saturated heterocycles. The zero-order valence-corrected chi connectivity index (χ0v) is 11.7. The summed E-state index contributed by atoms with van der Waals surface area (Å²) < 4.78 is 0. The minimum atomic E-state index is -0.514. The lowest BCUT2D eigenvalue weighted by Gasteiger charge is -2.21. The van der Waals surface area contributed by atoms with Crippen LogP contribution in [0.1, 0.15) is 62.3 Å². The van der Waals surface area contributed by atoms with Crippen LogP contribution in [0.15, 0.2) is 18.3 Å². The summed E-state index contributed by atoms with van der Waals surface area (Å²) >= 11 is 0. The van der Waals surface area contributed by atoms with Gasteiger partial charge >= 0.3 is 0 Å². The Bertz CT molecular complexity index is 375. The van der Waals surface area contributed by atoms with Crippen molar-refractivity contribution in [1.82, 2.24) is 4.98 Å². The fourth-order valence-corrected chi connectivity index (χ4v) is 2.98. The van der Waals surface area contributed by atoms with Crippen LogP contribution in [0, 0.1) is 5.92 Å². The molecule has 1 aromatic heterocycles. The van der Waals surface area contributed by atoms with Gasteiger partial charge in [0.2, 0.25) is 0 Å². The summed E-state index contributed by atoms with van der Waals surface area (Å²) in [5, 5.41) is 9.92. The third-order valence-electron chi connectivity index (χ3n) is 4.19. The van der Waals surface area contributed by atoms with E-state index in [4.69, 9.17) is 5.73 Å². The lowest BCUT2D eigenvalue weighted by molar-refractivity contribution is 0.165. The Balaban J connectivity index is 1.87. The zero-order chi connectivity index (χ0) is 13.5. The van der Waals surface area contributed by atoms with Crippen LogP contribution in [-0.4, -0.2) is 16.6 Å². The number of hydrogen-bond donors (Lipinski definition) is 2. The molecule has 2 rings (SSSR count). The van der Waals surface area contributed by atoms with Gasteiger partial charge in [-0.05, 0) is 49.4 Å². The molecule has 1 aromatic rings. The van der Waals surface area contributed by atoms with E-state index in [-0.39, 0.29) is 0 Å². The van der Waals surface area contributed by atoms with Crippen molar-refractivity contribution in [3.05, 3.63) is 29.6 Å². The highest BCUT2D eigenvalue weighted by Gasteiger charge is 2.14. The van der Waals surface area contributed by atoms with E-state index in [1.807, 2.05) is 12.3 Å². The van der Waals surface area contributed by atoms with Crippen molar-refractivity contribution >= 4 is 0 Å². The number of aromatic nitrogens is 1. The number of hydrogen-bond acceptors (Lipinski definition) is 3. The number of nitrogens with zero attached hydrogens (tertiary/aromatic N) is 1.